The van der Waals surface area contributed by atoms with Gasteiger partial charge in [-0.2, -0.15) is 0 Å². The van der Waals surface area contributed by atoms with Crippen LogP contribution in [0.15, 0.2) is 18.2 Å². The maximum absolute atomic E-state index is 12.8. The van der Waals surface area contributed by atoms with E-state index in [1.807, 2.05) is 0 Å². The lowest BCUT2D eigenvalue weighted by molar-refractivity contribution is -0.136. The molecule has 2 aliphatic heterocycles. The third kappa shape index (κ3) is 5.44. The molecule has 0 saturated carbocycles. The first-order valence-corrected chi connectivity index (χ1v) is 9.92. The second-order valence-corrected chi connectivity index (χ2v) is 7.08. The number of anilines is 1. The largest absolute Gasteiger partial charge is 0.383 e. The second-order valence-electron chi connectivity index (χ2n) is 7.08. The van der Waals surface area contributed by atoms with Crippen LogP contribution >= 0.6 is 0 Å². The van der Waals surface area contributed by atoms with E-state index < -0.39 is 35.6 Å². The maximum atomic E-state index is 12.8. The van der Waals surface area contributed by atoms with Crippen LogP contribution in [0.1, 0.15) is 40.0 Å². The zero-order valence-corrected chi connectivity index (χ0v) is 16.8. The number of carbonyl (C=O) groups is 5. The highest BCUT2D eigenvalue weighted by atomic mass is 16.5. The molecule has 11 heteroatoms. The summed E-state index contributed by atoms with van der Waals surface area (Å²) in [5, 5.41) is 5.27. The number of fused-ring (bicyclic) bond motifs is 1. The van der Waals surface area contributed by atoms with E-state index in [9.17, 15) is 24.0 Å². The molecule has 0 radical (unpaired) electrons. The van der Waals surface area contributed by atoms with Crippen molar-refractivity contribution < 1.29 is 33.4 Å². The molecule has 1 saturated heterocycles. The highest BCUT2D eigenvalue weighted by Gasteiger charge is 2.44. The molecule has 2 heterocycles. The summed E-state index contributed by atoms with van der Waals surface area (Å²) in [6, 6.07) is 3.79. The number of nitrogens with two attached hydrogens (primary N) is 1. The van der Waals surface area contributed by atoms with Gasteiger partial charge in [0.1, 0.15) is 6.04 Å². The molecule has 1 aromatic rings. The highest BCUT2D eigenvalue weighted by Crippen LogP contribution is 2.29. The molecule has 11 nitrogen and oxygen atoms in total. The van der Waals surface area contributed by atoms with Crippen molar-refractivity contribution in [1.82, 2.24) is 10.2 Å². The Morgan fingerprint density at radius 2 is 1.77 bits per heavy atom. The number of rotatable bonds is 11. The van der Waals surface area contributed by atoms with Crippen molar-refractivity contribution in [3.05, 3.63) is 29.3 Å². The molecular formula is C20H24N4O7. The topological polar surface area (TPSA) is 157 Å². The Bertz CT molecular complexity index is 902. The summed E-state index contributed by atoms with van der Waals surface area (Å²) in [4.78, 5) is 60.3. The van der Waals surface area contributed by atoms with E-state index in [0.29, 0.717) is 32.1 Å². The molecule has 5 amide bonds. The van der Waals surface area contributed by atoms with Crippen LogP contribution in [0.4, 0.5) is 5.69 Å². The molecule has 31 heavy (non-hydrogen) atoms. The van der Waals surface area contributed by atoms with Crippen molar-refractivity contribution >= 4 is 35.2 Å². The first-order chi connectivity index (χ1) is 14.9. The van der Waals surface area contributed by atoms with Crippen LogP contribution in [-0.2, 0) is 23.9 Å². The third-order valence-electron chi connectivity index (χ3n) is 4.88. The summed E-state index contributed by atoms with van der Waals surface area (Å²) in [7, 11) is 0. The Balaban J connectivity index is 1.47. The van der Waals surface area contributed by atoms with Gasteiger partial charge in [-0.3, -0.25) is 34.2 Å². The standard InChI is InChI=1S/C20H24N4O7/c21-16(25)5-7-30-9-10-31-8-6-22-12-1-2-13-14(11-12)20(29)24(19(13)28)15-3-4-17(26)23-18(15)27/h1-2,11,15,22H,3-10H2,(H2,21,25)(H,23,26,27). The molecule has 1 fully saturated rings. The van der Waals surface area contributed by atoms with Crippen LogP contribution in [0.25, 0.3) is 0 Å². The van der Waals surface area contributed by atoms with E-state index in [2.05, 4.69) is 10.6 Å². The van der Waals surface area contributed by atoms with E-state index in [1.165, 1.54) is 6.07 Å². The lowest BCUT2D eigenvalue weighted by atomic mass is 10.0. The smallest absolute Gasteiger partial charge is 0.262 e. The fourth-order valence-corrected chi connectivity index (χ4v) is 3.34. The predicted octanol–water partition coefficient (Wildman–Crippen LogP) is -0.592. The van der Waals surface area contributed by atoms with E-state index in [0.717, 1.165) is 4.90 Å². The summed E-state index contributed by atoms with van der Waals surface area (Å²) in [6.45, 7) is 1.80. The van der Waals surface area contributed by atoms with Crippen molar-refractivity contribution in [3.8, 4) is 0 Å². The summed E-state index contributed by atoms with van der Waals surface area (Å²) in [5.41, 5.74) is 6.07. The van der Waals surface area contributed by atoms with Gasteiger partial charge in [0, 0.05) is 25.1 Å². The van der Waals surface area contributed by atoms with Crippen molar-refractivity contribution in [1.29, 1.82) is 0 Å². The fraction of sp³-hybridized carbons (Fsp3) is 0.450. The van der Waals surface area contributed by atoms with Gasteiger partial charge in [-0.05, 0) is 24.6 Å². The number of nitrogens with one attached hydrogen (secondary N) is 2. The molecule has 166 valence electrons. The Kier molecular flexibility index (Phi) is 7.32. The van der Waals surface area contributed by atoms with E-state index >= 15 is 0 Å². The predicted molar refractivity (Wildman–Crippen MR) is 107 cm³/mol. The maximum Gasteiger partial charge on any atom is 0.262 e. The molecule has 1 atom stereocenters. The molecule has 3 rings (SSSR count). The van der Waals surface area contributed by atoms with Crippen LogP contribution < -0.4 is 16.4 Å². The second kappa shape index (κ2) is 10.1. The number of carbonyl (C=O) groups excluding carboxylic acids is 5. The van der Waals surface area contributed by atoms with Gasteiger partial charge < -0.3 is 20.5 Å². The van der Waals surface area contributed by atoms with Crippen molar-refractivity contribution in [2.75, 3.05) is 38.3 Å². The first-order valence-electron chi connectivity index (χ1n) is 9.92. The minimum Gasteiger partial charge on any atom is -0.383 e. The highest BCUT2D eigenvalue weighted by molar-refractivity contribution is 6.23. The van der Waals surface area contributed by atoms with Crippen LogP contribution in [0.5, 0.6) is 0 Å². The first kappa shape index (κ1) is 22.4. The molecule has 2 aliphatic rings. The van der Waals surface area contributed by atoms with Gasteiger partial charge in [0.2, 0.25) is 17.7 Å². The van der Waals surface area contributed by atoms with Crippen molar-refractivity contribution in [2.24, 2.45) is 5.73 Å². The molecule has 0 aromatic heterocycles. The number of benzene rings is 1. The number of imide groups is 2. The molecule has 1 unspecified atom stereocenters. The van der Waals surface area contributed by atoms with E-state index in [-0.39, 0.29) is 37.0 Å². The normalized spacial score (nSPS) is 18.2. The minimum atomic E-state index is -0.986. The van der Waals surface area contributed by atoms with Gasteiger partial charge in [-0.25, -0.2) is 0 Å². The van der Waals surface area contributed by atoms with Gasteiger partial charge in [0.25, 0.3) is 11.8 Å². The number of piperidine rings is 1. The zero-order chi connectivity index (χ0) is 22.4. The van der Waals surface area contributed by atoms with E-state index in [4.69, 9.17) is 15.2 Å². The number of amides is 5. The zero-order valence-electron chi connectivity index (χ0n) is 16.8. The Morgan fingerprint density at radius 1 is 1.06 bits per heavy atom. The number of ether oxygens (including phenoxy) is 2. The Morgan fingerprint density at radius 3 is 2.48 bits per heavy atom. The average Bonchev–Trinajstić information content (AvgIpc) is 2.97. The van der Waals surface area contributed by atoms with Crippen LogP contribution in [0, 0.1) is 0 Å². The average molecular weight is 432 g/mol. The summed E-state index contributed by atoms with van der Waals surface area (Å²) in [6.07, 6.45) is 0.361. The minimum absolute atomic E-state index is 0.0762. The fourth-order valence-electron chi connectivity index (χ4n) is 3.34. The lowest BCUT2D eigenvalue weighted by Crippen LogP contribution is -2.54. The van der Waals surface area contributed by atoms with Crippen molar-refractivity contribution in [3.63, 3.8) is 0 Å². The third-order valence-corrected chi connectivity index (χ3v) is 4.88. The number of primary amides is 1. The molecule has 0 bridgehead atoms. The van der Waals surface area contributed by atoms with Crippen LogP contribution in [0.3, 0.4) is 0 Å². The number of hydrogen-bond acceptors (Lipinski definition) is 8. The van der Waals surface area contributed by atoms with Crippen LogP contribution in [0.2, 0.25) is 0 Å². The van der Waals surface area contributed by atoms with Gasteiger partial charge >= 0.3 is 0 Å². The van der Waals surface area contributed by atoms with Gasteiger partial charge in [0.15, 0.2) is 0 Å². The summed E-state index contributed by atoms with van der Waals surface area (Å²) >= 11 is 0. The van der Waals surface area contributed by atoms with Crippen molar-refractivity contribution in [2.45, 2.75) is 25.3 Å². The SMILES string of the molecule is NC(=O)CCOCCOCCNc1ccc2c(c1)C(=O)N(C1CCC(=O)NC1=O)C2=O. The molecule has 0 aliphatic carbocycles. The summed E-state index contributed by atoms with van der Waals surface area (Å²) in [5.74, 6) is -2.56. The summed E-state index contributed by atoms with van der Waals surface area (Å²) < 4.78 is 10.6. The monoisotopic (exact) mass is 432 g/mol. The number of nitrogens with zero attached hydrogens (tertiary/aromatic N) is 1. The van der Waals surface area contributed by atoms with Gasteiger partial charge in [-0.15, -0.1) is 0 Å². The molecule has 0 spiro atoms. The van der Waals surface area contributed by atoms with Gasteiger partial charge in [-0.1, -0.05) is 0 Å². The molecule has 4 N–H and O–H groups in total. The Hall–Kier alpha value is -3.31. The lowest BCUT2D eigenvalue weighted by Gasteiger charge is -2.27. The van der Waals surface area contributed by atoms with E-state index in [1.54, 1.807) is 12.1 Å². The van der Waals surface area contributed by atoms with Crippen LogP contribution in [-0.4, -0.2) is 73.4 Å². The Labute approximate surface area is 178 Å². The molecule has 1 aromatic carbocycles. The molecular weight excluding hydrogens is 408 g/mol. The number of hydrogen-bond donors (Lipinski definition) is 3. The van der Waals surface area contributed by atoms with Gasteiger partial charge in [0.05, 0.1) is 37.6 Å². The quantitative estimate of drug-likeness (QED) is 0.309.